The van der Waals surface area contributed by atoms with Crippen LogP contribution in [0.2, 0.25) is 0 Å². The zero-order valence-corrected chi connectivity index (χ0v) is 17.7. The number of ether oxygens (including phenoxy) is 2. The first-order chi connectivity index (χ1) is 15.0. The summed E-state index contributed by atoms with van der Waals surface area (Å²) in [6.45, 7) is 0.925. The highest BCUT2D eigenvalue weighted by Gasteiger charge is 2.41. The van der Waals surface area contributed by atoms with Crippen LogP contribution in [0.15, 0.2) is 53.7 Å². The molecule has 0 bridgehead atoms. The zero-order valence-electron chi connectivity index (χ0n) is 16.9. The van der Waals surface area contributed by atoms with Gasteiger partial charge in [-0.05, 0) is 25.0 Å². The number of hydrogen-bond acceptors (Lipinski definition) is 6. The van der Waals surface area contributed by atoms with E-state index in [2.05, 4.69) is 10.2 Å². The van der Waals surface area contributed by atoms with Crippen molar-refractivity contribution in [2.45, 2.75) is 18.0 Å². The van der Waals surface area contributed by atoms with Gasteiger partial charge < -0.3 is 9.47 Å². The lowest BCUT2D eigenvalue weighted by Gasteiger charge is -2.33. The number of methoxy groups -OCH3 is 1. The molecule has 1 fully saturated rings. The first kappa shape index (κ1) is 21.5. The largest absolute Gasteiger partial charge is 0.469 e. The highest BCUT2D eigenvalue weighted by Crippen LogP contribution is 2.39. The van der Waals surface area contributed by atoms with E-state index in [1.54, 1.807) is 4.57 Å². The molecule has 1 aliphatic rings. The van der Waals surface area contributed by atoms with E-state index >= 15 is 0 Å². The maximum absolute atomic E-state index is 14.7. The number of aromatic nitrogens is 3. The SMILES string of the molecule is COC(=O)C1(CSc2nnc(-c3ccccc3)n2-c2ccc(F)cc2F)CCOCC1. The van der Waals surface area contributed by atoms with Crippen LogP contribution >= 0.6 is 11.8 Å². The van der Waals surface area contributed by atoms with Crippen molar-refractivity contribution in [1.29, 1.82) is 0 Å². The van der Waals surface area contributed by atoms with Crippen molar-refractivity contribution >= 4 is 17.7 Å². The Morgan fingerprint density at radius 1 is 1.16 bits per heavy atom. The van der Waals surface area contributed by atoms with Crippen molar-refractivity contribution in [3.63, 3.8) is 0 Å². The molecule has 0 atom stereocenters. The van der Waals surface area contributed by atoms with Crippen LogP contribution in [0.3, 0.4) is 0 Å². The molecular weight excluding hydrogens is 424 g/mol. The van der Waals surface area contributed by atoms with Crippen molar-refractivity contribution in [3.8, 4) is 17.1 Å². The third kappa shape index (κ3) is 4.33. The van der Waals surface area contributed by atoms with Gasteiger partial charge in [0.2, 0.25) is 0 Å². The lowest BCUT2D eigenvalue weighted by molar-refractivity contribution is -0.156. The minimum absolute atomic E-state index is 0.131. The second-order valence-corrected chi connectivity index (χ2v) is 8.22. The fourth-order valence-electron chi connectivity index (χ4n) is 3.61. The third-order valence-corrected chi connectivity index (χ3v) is 6.58. The lowest BCUT2D eigenvalue weighted by atomic mass is 9.82. The van der Waals surface area contributed by atoms with Gasteiger partial charge in [-0.25, -0.2) is 8.78 Å². The van der Waals surface area contributed by atoms with Gasteiger partial charge in [0, 0.05) is 30.6 Å². The number of esters is 1. The van der Waals surface area contributed by atoms with E-state index in [1.165, 1.54) is 31.0 Å². The van der Waals surface area contributed by atoms with Crippen molar-refractivity contribution in [2.75, 3.05) is 26.1 Å². The highest BCUT2D eigenvalue weighted by molar-refractivity contribution is 7.99. The molecule has 0 radical (unpaired) electrons. The molecule has 1 aromatic heterocycles. The molecule has 6 nitrogen and oxygen atoms in total. The predicted octanol–water partition coefficient (Wildman–Crippen LogP) is 4.27. The maximum atomic E-state index is 14.7. The number of hydrogen-bond donors (Lipinski definition) is 0. The summed E-state index contributed by atoms with van der Waals surface area (Å²) in [7, 11) is 1.37. The van der Waals surface area contributed by atoms with Crippen LogP contribution in [0.25, 0.3) is 17.1 Å². The van der Waals surface area contributed by atoms with Crippen molar-refractivity contribution in [1.82, 2.24) is 14.8 Å². The summed E-state index contributed by atoms with van der Waals surface area (Å²) in [5, 5.41) is 8.94. The van der Waals surface area contributed by atoms with Crippen molar-refractivity contribution in [3.05, 3.63) is 60.2 Å². The Hall–Kier alpha value is -2.78. The Morgan fingerprint density at radius 3 is 2.58 bits per heavy atom. The molecule has 9 heteroatoms. The van der Waals surface area contributed by atoms with Gasteiger partial charge in [-0.3, -0.25) is 9.36 Å². The molecule has 1 aliphatic heterocycles. The van der Waals surface area contributed by atoms with E-state index in [0.29, 0.717) is 42.8 Å². The van der Waals surface area contributed by atoms with Crippen LogP contribution in [0.4, 0.5) is 8.78 Å². The molecule has 0 N–H and O–H groups in total. The number of nitrogens with zero attached hydrogens (tertiary/aromatic N) is 3. The molecule has 2 aromatic carbocycles. The van der Waals surface area contributed by atoms with Crippen molar-refractivity contribution < 1.29 is 23.0 Å². The van der Waals surface area contributed by atoms with Gasteiger partial charge in [0.25, 0.3) is 0 Å². The van der Waals surface area contributed by atoms with E-state index in [-0.39, 0.29) is 11.7 Å². The van der Waals surface area contributed by atoms with Crippen LogP contribution in [0, 0.1) is 17.0 Å². The average molecular weight is 445 g/mol. The molecule has 0 spiro atoms. The molecule has 0 amide bonds. The Bertz CT molecular complexity index is 1070. The topological polar surface area (TPSA) is 66.2 Å². The Balaban J connectivity index is 1.74. The Kier molecular flexibility index (Phi) is 6.33. The molecule has 4 rings (SSSR count). The summed E-state index contributed by atoms with van der Waals surface area (Å²) in [5.74, 6) is -0.902. The summed E-state index contributed by atoms with van der Waals surface area (Å²) >= 11 is 1.29. The van der Waals surface area contributed by atoms with Crippen LogP contribution < -0.4 is 0 Å². The van der Waals surface area contributed by atoms with Crippen LogP contribution in [-0.2, 0) is 14.3 Å². The fourth-order valence-corrected chi connectivity index (χ4v) is 4.83. The standard InChI is InChI=1S/C22H21F2N3O3S/c1-29-20(28)22(9-11-30-12-10-22)14-31-21-26-25-19(15-5-3-2-4-6-15)27(21)18-8-7-16(23)13-17(18)24/h2-8,13H,9-12,14H2,1H3. The zero-order chi connectivity index (χ0) is 21.8. The van der Waals surface area contributed by atoms with Gasteiger partial charge in [-0.1, -0.05) is 42.1 Å². The summed E-state index contributed by atoms with van der Waals surface area (Å²) in [5.41, 5.74) is 0.147. The van der Waals surface area contributed by atoms with Gasteiger partial charge >= 0.3 is 5.97 Å². The van der Waals surface area contributed by atoms with E-state index in [1.807, 2.05) is 30.3 Å². The summed E-state index contributed by atoms with van der Waals surface area (Å²) < 4.78 is 40.3. The molecule has 162 valence electrons. The molecule has 0 saturated carbocycles. The smallest absolute Gasteiger partial charge is 0.312 e. The minimum Gasteiger partial charge on any atom is -0.469 e. The Labute approximate surface area is 182 Å². The Morgan fingerprint density at radius 2 is 1.90 bits per heavy atom. The molecule has 0 unspecified atom stereocenters. The molecule has 3 aromatic rings. The normalized spacial score (nSPS) is 15.6. The number of carbonyl (C=O) groups is 1. The second-order valence-electron chi connectivity index (χ2n) is 7.28. The molecule has 2 heterocycles. The second kappa shape index (κ2) is 9.15. The van der Waals surface area contributed by atoms with E-state index < -0.39 is 17.0 Å². The first-order valence-electron chi connectivity index (χ1n) is 9.79. The number of rotatable bonds is 6. The van der Waals surface area contributed by atoms with E-state index in [0.717, 1.165) is 11.6 Å². The van der Waals surface area contributed by atoms with Gasteiger partial charge in [-0.2, -0.15) is 0 Å². The molecule has 1 saturated heterocycles. The van der Waals surface area contributed by atoms with Crippen LogP contribution in [-0.4, -0.2) is 46.8 Å². The third-order valence-electron chi connectivity index (χ3n) is 5.36. The van der Waals surface area contributed by atoms with Gasteiger partial charge in [0.05, 0.1) is 18.2 Å². The minimum atomic E-state index is -0.729. The molecule has 0 aliphatic carbocycles. The van der Waals surface area contributed by atoms with E-state index in [9.17, 15) is 13.6 Å². The summed E-state index contributed by atoms with van der Waals surface area (Å²) in [6.07, 6.45) is 1.05. The lowest BCUT2D eigenvalue weighted by Crippen LogP contribution is -2.40. The first-order valence-corrected chi connectivity index (χ1v) is 10.8. The monoisotopic (exact) mass is 445 g/mol. The quantitative estimate of drug-likeness (QED) is 0.417. The average Bonchev–Trinajstić information content (AvgIpc) is 3.22. The van der Waals surface area contributed by atoms with Gasteiger partial charge in [0.1, 0.15) is 11.6 Å². The molecule has 31 heavy (non-hydrogen) atoms. The fraction of sp³-hybridized carbons (Fsp3) is 0.318. The number of benzene rings is 2. The predicted molar refractivity (Wildman–Crippen MR) is 112 cm³/mol. The van der Waals surface area contributed by atoms with Crippen LogP contribution in [0.1, 0.15) is 12.8 Å². The molecular formula is C22H21F2N3O3S. The highest BCUT2D eigenvalue weighted by atomic mass is 32.2. The van der Waals surface area contributed by atoms with Gasteiger partial charge in [-0.15, -0.1) is 10.2 Å². The van der Waals surface area contributed by atoms with E-state index in [4.69, 9.17) is 9.47 Å². The number of carbonyl (C=O) groups excluding carboxylic acids is 1. The van der Waals surface area contributed by atoms with Gasteiger partial charge in [0.15, 0.2) is 11.0 Å². The maximum Gasteiger partial charge on any atom is 0.312 e. The number of halogens is 2. The van der Waals surface area contributed by atoms with Crippen LogP contribution in [0.5, 0.6) is 0 Å². The summed E-state index contributed by atoms with van der Waals surface area (Å²) in [6, 6.07) is 12.6. The number of thioether (sulfide) groups is 1. The summed E-state index contributed by atoms with van der Waals surface area (Å²) in [4.78, 5) is 12.5. The van der Waals surface area contributed by atoms with Crippen molar-refractivity contribution in [2.24, 2.45) is 5.41 Å².